The Morgan fingerprint density at radius 2 is 2.00 bits per heavy atom. The van der Waals surface area contributed by atoms with Gasteiger partial charge in [-0.05, 0) is 31.4 Å². The van der Waals surface area contributed by atoms with Crippen LogP contribution in [0, 0.1) is 15.5 Å². The molecule has 0 fully saturated rings. The molecule has 116 valence electrons. The molecule has 0 aliphatic rings. The topological polar surface area (TPSA) is 84.3 Å². The first-order valence-electron chi connectivity index (χ1n) is 7.00. The second kappa shape index (κ2) is 6.56. The maximum absolute atomic E-state index is 12.2. The van der Waals surface area contributed by atoms with Crippen molar-refractivity contribution < 1.29 is 9.72 Å². The molecule has 1 atom stereocenters. The lowest BCUT2D eigenvalue weighted by molar-refractivity contribution is -0.384. The molecule has 0 aliphatic carbocycles. The Morgan fingerprint density at radius 1 is 1.38 bits per heavy atom. The number of amides is 1. The molecule has 2 N–H and O–H groups in total. The van der Waals surface area contributed by atoms with Crippen LogP contribution >= 0.6 is 0 Å². The number of nitro benzene ring substituents is 1. The first-order valence-corrected chi connectivity index (χ1v) is 7.00. The number of anilines is 1. The Morgan fingerprint density at radius 3 is 2.48 bits per heavy atom. The number of nitro groups is 1. The van der Waals surface area contributed by atoms with Crippen LogP contribution in [0.25, 0.3) is 0 Å². The molecule has 21 heavy (non-hydrogen) atoms. The number of carbonyl (C=O) groups excluding carboxylic acids is 1. The van der Waals surface area contributed by atoms with Gasteiger partial charge in [0.05, 0.1) is 4.92 Å². The zero-order valence-electron chi connectivity index (χ0n) is 13.2. The van der Waals surface area contributed by atoms with Crippen LogP contribution in [0.2, 0.25) is 0 Å². The van der Waals surface area contributed by atoms with Crippen molar-refractivity contribution in [3.8, 4) is 0 Å². The van der Waals surface area contributed by atoms with E-state index in [2.05, 4.69) is 10.6 Å². The van der Waals surface area contributed by atoms with Crippen LogP contribution in [0.3, 0.4) is 0 Å². The zero-order chi connectivity index (χ0) is 16.2. The summed E-state index contributed by atoms with van der Waals surface area (Å²) in [6.45, 7) is 10.4. The minimum absolute atomic E-state index is 0.0113. The Bertz CT molecular complexity index is 535. The minimum Gasteiger partial charge on any atom is -0.380 e. The molecule has 0 saturated heterocycles. The number of benzene rings is 1. The van der Waals surface area contributed by atoms with Crippen LogP contribution in [0.5, 0.6) is 0 Å². The highest BCUT2D eigenvalue weighted by molar-refractivity contribution is 5.96. The van der Waals surface area contributed by atoms with Gasteiger partial charge in [0.1, 0.15) is 5.69 Å². The standard InChI is InChI=1S/C15H23N3O3/c1-6-16-12-9-11(7-8-13(12)18(20)21)14(19)17-10(2)15(3,4)5/h7-10,16H,6H2,1-5H3,(H,17,19). The maximum atomic E-state index is 12.2. The van der Waals surface area contributed by atoms with Gasteiger partial charge in [0.25, 0.3) is 11.6 Å². The summed E-state index contributed by atoms with van der Waals surface area (Å²) in [5, 5.41) is 16.8. The number of carbonyl (C=O) groups is 1. The van der Waals surface area contributed by atoms with Crippen molar-refractivity contribution in [1.82, 2.24) is 5.32 Å². The van der Waals surface area contributed by atoms with E-state index in [-0.39, 0.29) is 23.1 Å². The van der Waals surface area contributed by atoms with E-state index in [1.807, 2.05) is 34.6 Å². The van der Waals surface area contributed by atoms with Crippen LogP contribution in [0.4, 0.5) is 11.4 Å². The van der Waals surface area contributed by atoms with E-state index in [9.17, 15) is 14.9 Å². The third kappa shape index (κ3) is 4.44. The van der Waals surface area contributed by atoms with Gasteiger partial charge in [0.15, 0.2) is 0 Å². The molecule has 1 rings (SSSR count). The third-order valence-electron chi connectivity index (χ3n) is 3.47. The zero-order valence-corrected chi connectivity index (χ0v) is 13.2. The summed E-state index contributed by atoms with van der Waals surface area (Å²) in [7, 11) is 0. The second-order valence-electron chi connectivity index (χ2n) is 6.08. The van der Waals surface area contributed by atoms with Crippen LogP contribution in [0.1, 0.15) is 45.0 Å². The van der Waals surface area contributed by atoms with Crippen molar-refractivity contribution in [3.63, 3.8) is 0 Å². The van der Waals surface area contributed by atoms with Gasteiger partial charge in [-0.3, -0.25) is 14.9 Å². The van der Waals surface area contributed by atoms with Gasteiger partial charge in [0.2, 0.25) is 0 Å². The van der Waals surface area contributed by atoms with E-state index in [4.69, 9.17) is 0 Å². The maximum Gasteiger partial charge on any atom is 0.292 e. The molecule has 1 aromatic rings. The Labute approximate surface area is 125 Å². The van der Waals surface area contributed by atoms with Crippen LogP contribution in [-0.2, 0) is 0 Å². The molecule has 6 heteroatoms. The van der Waals surface area contributed by atoms with Crippen molar-refractivity contribution in [2.45, 2.75) is 40.7 Å². The molecule has 0 heterocycles. The second-order valence-corrected chi connectivity index (χ2v) is 6.08. The molecule has 1 aromatic carbocycles. The predicted octanol–water partition coefficient (Wildman–Crippen LogP) is 3.19. The fraction of sp³-hybridized carbons (Fsp3) is 0.533. The SMILES string of the molecule is CCNc1cc(C(=O)NC(C)C(C)(C)C)ccc1[N+](=O)[O-]. The van der Waals surface area contributed by atoms with Crippen LogP contribution in [-0.4, -0.2) is 23.4 Å². The quantitative estimate of drug-likeness (QED) is 0.645. The Kier molecular flexibility index (Phi) is 5.29. The summed E-state index contributed by atoms with van der Waals surface area (Å²) < 4.78 is 0. The fourth-order valence-corrected chi connectivity index (χ4v) is 1.67. The molecule has 0 spiro atoms. The minimum atomic E-state index is -0.461. The van der Waals surface area contributed by atoms with Gasteiger partial charge >= 0.3 is 0 Å². The average molecular weight is 293 g/mol. The fourth-order valence-electron chi connectivity index (χ4n) is 1.67. The van der Waals surface area contributed by atoms with Crippen molar-refractivity contribution >= 4 is 17.3 Å². The van der Waals surface area contributed by atoms with Crippen molar-refractivity contribution in [2.24, 2.45) is 5.41 Å². The summed E-state index contributed by atoms with van der Waals surface area (Å²) in [5.41, 5.74) is 0.685. The summed E-state index contributed by atoms with van der Waals surface area (Å²) in [4.78, 5) is 22.7. The van der Waals surface area contributed by atoms with E-state index in [1.165, 1.54) is 18.2 Å². The number of rotatable bonds is 5. The van der Waals surface area contributed by atoms with Gasteiger partial charge in [-0.1, -0.05) is 20.8 Å². The Hall–Kier alpha value is -2.11. The van der Waals surface area contributed by atoms with Crippen molar-refractivity contribution in [3.05, 3.63) is 33.9 Å². The monoisotopic (exact) mass is 293 g/mol. The lowest BCUT2D eigenvalue weighted by atomic mass is 9.88. The molecule has 0 radical (unpaired) electrons. The highest BCUT2D eigenvalue weighted by atomic mass is 16.6. The highest BCUT2D eigenvalue weighted by Gasteiger charge is 2.23. The molecular weight excluding hydrogens is 270 g/mol. The lowest BCUT2D eigenvalue weighted by Gasteiger charge is -2.28. The van der Waals surface area contributed by atoms with E-state index < -0.39 is 4.92 Å². The molecule has 1 unspecified atom stereocenters. The molecule has 0 saturated carbocycles. The molecule has 0 aliphatic heterocycles. The number of hydrogen-bond acceptors (Lipinski definition) is 4. The smallest absolute Gasteiger partial charge is 0.292 e. The van der Waals surface area contributed by atoms with Crippen molar-refractivity contribution in [2.75, 3.05) is 11.9 Å². The summed E-state index contributed by atoms with van der Waals surface area (Å²) in [5.74, 6) is -0.230. The van der Waals surface area contributed by atoms with Gasteiger partial charge < -0.3 is 10.6 Å². The van der Waals surface area contributed by atoms with Crippen LogP contribution in [0.15, 0.2) is 18.2 Å². The largest absolute Gasteiger partial charge is 0.380 e. The van der Waals surface area contributed by atoms with E-state index in [1.54, 1.807) is 0 Å². The van der Waals surface area contributed by atoms with E-state index >= 15 is 0 Å². The molecule has 0 bridgehead atoms. The van der Waals surface area contributed by atoms with E-state index in [0.29, 0.717) is 17.8 Å². The third-order valence-corrected chi connectivity index (χ3v) is 3.47. The number of nitrogens with zero attached hydrogens (tertiary/aromatic N) is 1. The first kappa shape index (κ1) is 16.9. The lowest BCUT2D eigenvalue weighted by Crippen LogP contribution is -2.41. The molecule has 0 aromatic heterocycles. The van der Waals surface area contributed by atoms with Crippen LogP contribution < -0.4 is 10.6 Å². The first-order chi connectivity index (χ1) is 9.66. The van der Waals surface area contributed by atoms with E-state index in [0.717, 1.165) is 0 Å². The molecular formula is C15H23N3O3. The van der Waals surface area contributed by atoms with Gasteiger partial charge in [-0.15, -0.1) is 0 Å². The summed E-state index contributed by atoms with van der Waals surface area (Å²) in [6, 6.07) is 4.34. The highest BCUT2D eigenvalue weighted by Crippen LogP contribution is 2.26. The number of nitrogens with one attached hydrogen (secondary N) is 2. The van der Waals surface area contributed by atoms with Crippen molar-refractivity contribution in [1.29, 1.82) is 0 Å². The average Bonchev–Trinajstić information content (AvgIpc) is 2.37. The Balaban J connectivity index is 3.01. The summed E-state index contributed by atoms with van der Waals surface area (Å²) >= 11 is 0. The van der Waals surface area contributed by atoms with Gasteiger partial charge in [-0.2, -0.15) is 0 Å². The molecule has 6 nitrogen and oxygen atoms in total. The normalized spacial score (nSPS) is 12.6. The predicted molar refractivity (Wildman–Crippen MR) is 83.6 cm³/mol. The number of hydrogen-bond donors (Lipinski definition) is 2. The molecule has 1 amide bonds. The van der Waals surface area contributed by atoms with Gasteiger partial charge in [-0.25, -0.2) is 0 Å². The summed E-state index contributed by atoms with van der Waals surface area (Å²) in [6.07, 6.45) is 0. The van der Waals surface area contributed by atoms with Gasteiger partial charge in [0, 0.05) is 24.2 Å².